The Kier molecular flexibility index (Phi) is 5.42. The number of rotatable bonds is 3. The Hall–Kier alpha value is -3.02. The zero-order valence-corrected chi connectivity index (χ0v) is 19.0. The first-order chi connectivity index (χ1) is 14.6. The van der Waals surface area contributed by atoms with Crippen LogP contribution in [-0.4, -0.2) is 51.9 Å². The van der Waals surface area contributed by atoms with Gasteiger partial charge >= 0.3 is 0 Å². The van der Waals surface area contributed by atoms with Crippen molar-refractivity contribution in [1.29, 1.82) is 0 Å². The van der Waals surface area contributed by atoms with E-state index in [4.69, 9.17) is 4.42 Å². The van der Waals surface area contributed by atoms with E-state index in [1.165, 1.54) is 5.56 Å². The molecule has 1 atom stereocenters. The number of piperazine rings is 1. The predicted molar refractivity (Wildman–Crippen MR) is 121 cm³/mol. The minimum Gasteiger partial charge on any atom is -0.448 e. The average molecular weight is 422 g/mol. The van der Waals surface area contributed by atoms with E-state index in [1.807, 2.05) is 60.3 Å². The van der Waals surface area contributed by atoms with Crippen LogP contribution >= 0.6 is 0 Å². The van der Waals surface area contributed by atoms with Crippen molar-refractivity contribution in [1.82, 2.24) is 14.4 Å². The molecular weight excluding hydrogens is 390 g/mol. The van der Waals surface area contributed by atoms with Gasteiger partial charge < -0.3 is 18.8 Å². The second-order valence-electron chi connectivity index (χ2n) is 9.63. The topological polar surface area (TPSA) is 58.7 Å². The molecular formula is C25H31N3O3. The van der Waals surface area contributed by atoms with Crippen LogP contribution < -0.4 is 0 Å². The van der Waals surface area contributed by atoms with E-state index in [0.717, 1.165) is 10.9 Å². The molecule has 164 valence electrons. The summed E-state index contributed by atoms with van der Waals surface area (Å²) >= 11 is 0. The number of furan rings is 1. The van der Waals surface area contributed by atoms with Crippen LogP contribution in [0, 0.1) is 12.3 Å². The first-order valence-electron chi connectivity index (χ1n) is 10.9. The summed E-state index contributed by atoms with van der Waals surface area (Å²) in [6.07, 6.45) is 1.66. The predicted octanol–water partition coefficient (Wildman–Crippen LogP) is 4.31. The number of carbonyl (C=O) groups is 2. The molecule has 1 aliphatic heterocycles. The van der Waals surface area contributed by atoms with E-state index < -0.39 is 5.41 Å². The molecule has 3 aromatic rings. The Morgan fingerprint density at radius 1 is 1.13 bits per heavy atom. The third-order valence-electron chi connectivity index (χ3n) is 5.96. The van der Waals surface area contributed by atoms with Crippen molar-refractivity contribution in [2.45, 2.75) is 47.2 Å². The normalized spacial score (nSPS) is 17.4. The fraction of sp³-hybridized carbons (Fsp3) is 0.440. The maximum atomic E-state index is 13.5. The van der Waals surface area contributed by atoms with Crippen LogP contribution in [0.3, 0.4) is 0 Å². The lowest BCUT2D eigenvalue weighted by Crippen LogP contribution is -2.57. The minimum absolute atomic E-state index is 0.0197. The molecule has 6 nitrogen and oxygen atoms in total. The summed E-state index contributed by atoms with van der Waals surface area (Å²) in [7, 11) is 0. The van der Waals surface area contributed by atoms with Crippen molar-refractivity contribution in [3.8, 4) is 0 Å². The van der Waals surface area contributed by atoms with Gasteiger partial charge in [0.1, 0.15) is 5.69 Å². The standard InChI is InChI=1S/C25H31N3O3/c1-17-7-6-8-19(13-17)16-28-21(14-20-9-12-31-23(20)28)22(29)26-10-11-27(18(2)15-26)24(30)25(3,4)5/h6-9,12-14,18H,10-11,15-16H2,1-5H3/t18-/m0/s1. The highest BCUT2D eigenvalue weighted by atomic mass is 16.3. The maximum Gasteiger partial charge on any atom is 0.270 e. The molecule has 0 bridgehead atoms. The van der Waals surface area contributed by atoms with E-state index in [0.29, 0.717) is 37.6 Å². The Bertz CT molecular complexity index is 1120. The number of aromatic nitrogens is 1. The van der Waals surface area contributed by atoms with Gasteiger partial charge in [-0.2, -0.15) is 0 Å². The summed E-state index contributed by atoms with van der Waals surface area (Å²) in [5, 5.41) is 0.922. The molecule has 1 fully saturated rings. The Balaban J connectivity index is 1.59. The number of aryl methyl sites for hydroxylation is 1. The van der Waals surface area contributed by atoms with Gasteiger partial charge in [0.25, 0.3) is 5.91 Å². The van der Waals surface area contributed by atoms with Gasteiger partial charge in [0.15, 0.2) is 0 Å². The first kappa shape index (κ1) is 21.2. The molecule has 6 heteroatoms. The molecule has 0 spiro atoms. The number of benzene rings is 1. The zero-order valence-electron chi connectivity index (χ0n) is 19.0. The van der Waals surface area contributed by atoms with Gasteiger partial charge in [0.2, 0.25) is 11.6 Å². The lowest BCUT2D eigenvalue weighted by atomic mass is 9.93. The molecule has 0 aliphatic carbocycles. The third-order valence-corrected chi connectivity index (χ3v) is 5.96. The fourth-order valence-electron chi connectivity index (χ4n) is 4.34. The summed E-state index contributed by atoms with van der Waals surface area (Å²) in [5.74, 6) is 0.112. The van der Waals surface area contributed by atoms with Gasteiger partial charge in [-0.3, -0.25) is 9.59 Å². The molecule has 0 unspecified atom stereocenters. The lowest BCUT2D eigenvalue weighted by Gasteiger charge is -2.42. The van der Waals surface area contributed by atoms with Crippen LogP contribution in [0.1, 0.15) is 49.3 Å². The third kappa shape index (κ3) is 4.11. The van der Waals surface area contributed by atoms with Crippen molar-refractivity contribution >= 4 is 22.9 Å². The summed E-state index contributed by atoms with van der Waals surface area (Å²) < 4.78 is 7.68. The van der Waals surface area contributed by atoms with Gasteiger partial charge in [-0.25, -0.2) is 0 Å². The highest BCUT2D eigenvalue weighted by Gasteiger charge is 2.35. The van der Waals surface area contributed by atoms with E-state index in [2.05, 4.69) is 25.1 Å². The van der Waals surface area contributed by atoms with Gasteiger partial charge in [-0.1, -0.05) is 50.6 Å². The van der Waals surface area contributed by atoms with E-state index in [-0.39, 0.29) is 17.9 Å². The van der Waals surface area contributed by atoms with Crippen LogP contribution in [0.5, 0.6) is 0 Å². The van der Waals surface area contributed by atoms with Gasteiger partial charge in [0.05, 0.1) is 12.8 Å². The Labute approximate surface area is 183 Å². The average Bonchev–Trinajstić information content (AvgIpc) is 3.29. The van der Waals surface area contributed by atoms with Gasteiger partial charge in [-0.15, -0.1) is 0 Å². The molecule has 0 radical (unpaired) electrons. The molecule has 1 aromatic carbocycles. The SMILES string of the molecule is Cc1cccc(Cn2c(C(=O)N3CCN(C(=O)C(C)(C)C)[C@@H](C)C3)cc3ccoc32)c1. The highest BCUT2D eigenvalue weighted by Crippen LogP contribution is 2.26. The van der Waals surface area contributed by atoms with Crippen LogP contribution in [0.4, 0.5) is 0 Å². The maximum absolute atomic E-state index is 13.5. The van der Waals surface area contributed by atoms with Gasteiger partial charge in [0, 0.05) is 36.5 Å². The number of nitrogens with zero attached hydrogens (tertiary/aromatic N) is 3. The van der Waals surface area contributed by atoms with E-state index >= 15 is 0 Å². The lowest BCUT2D eigenvalue weighted by molar-refractivity contribution is -0.143. The monoisotopic (exact) mass is 421 g/mol. The Morgan fingerprint density at radius 2 is 1.90 bits per heavy atom. The Morgan fingerprint density at radius 3 is 2.58 bits per heavy atom. The molecule has 1 saturated heterocycles. The van der Waals surface area contributed by atoms with Crippen LogP contribution in [0.2, 0.25) is 0 Å². The van der Waals surface area contributed by atoms with Crippen LogP contribution in [-0.2, 0) is 11.3 Å². The van der Waals surface area contributed by atoms with Crippen molar-refractivity contribution in [2.75, 3.05) is 19.6 Å². The summed E-state index contributed by atoms with van der Waals surface area (Å²) in [5.41, 5.74) is 3.21. The fourth-order valence-corrected chi connectivity index (χ4v) is 4.34. The van der Waals surface area contributed by atoms with Crippen LogP contribution in [0.25, 0.3) is 11.1 Å². The van der Waals surface area contributed by atoms with E-state index in [1.54, 1.807) is 6.26 Å². The number of fused-ring (bicyclic) bond motifs is 1. The second-order valence-corrected chi connectivity index (χ2v) is 9.63. The zero-order chi connectivity index (χ0) is 22.3. The smallest absolute Gasteiger partial charge is 0.270 e. The number of hydrogen-bond acceptors (Lipinski definition) is 3. The molecule has 1 aliphatic rings. The summed E-state index contributed by atoms with van der Waals surface area (Å²) in [6, 6.07) is 12.1. The van der Waals surface area contributed by atoms with Gasteiger partial charge in [-0.05, 0) is 31.5 Å². The summed E-state index contributed by atoms with van der Waals surface area (Å²) in [4.78, 5) is 30.0. The van der Waals surface area contributed by atoms with Crippen molar-refractivity contribution in [3.05, 3.63) is 59.5 Å². The number of hydrogen-bond donors (Lipinski definition) is 0. The first-order valence-corrected chi connectivity index (χ1v) is 10.9. The highest BCUT2D eigenvalue weighted by molar-refractivity contribution is 5.98. The van der Waals surface area contributed by atoms with Crippen molar-refractivity contribution in [3.63, 3.8) is 0 Å². The van der Waals surface area contributed by atoms with Crippen LogP contribution in [0.15, 0.2) is 47.1 Å². The van der Waals surface area contributed by atoms with E-state index in [9.17, 15) is 9.59 Å². The molecule has 3 heterocycles. The minimum atomic E-state index is -0.423. The molecule has 2 amide bonds. The molecule has 4 rings (SSSR count). The summed E-state index contributed by atoms with van der Waals surface area (Å²) in [6.45, 7) is 12.1. The molecule has 2 aromatic heterocycles. The van der Waals surface area contributed by atoms with Crippen molar-refractivity contribution in [2.24, 2.45) is 5.41 Å². The molecule has 31 heavy (non-hydrogen) atoms. The molecule has 0 N–H and O–H groups in total. The second kappa shape index (κ2) is 7.91. The number of carbonyl (C=O) groups excluding carboxylic acids is 2. The van der Waals surface area contributed by atoms with Crippen molar-refractivity contribution < 1.29 is 14.0 Å². The molecule has 0 saturated carbocycles. The number of amides is 2. The quantitative estimate of drug-likeness (QED) is 0.633. The largest absolute Gasteiger partial charge is 0.448 e.